The number of aromatic nitrogens is 2. The fourth-order valence-electron chi connectivity index (χ4n) is 4.41. The van der Waals surface area contributed by atoms with Crippen LogP contribution in [0.15, 0.2) is 66.7 Å². The smallest absolute Gasteiger partial charge is 0.406 e. The summed E-state index contributed by atoms with van der Waals surface area (Å²) in [7, 11) is 1.54. The van der Waals surface area contributed by atoms with Crippen LogP contribution in [-0.4, -0.2) is 41.0 Å². The molecule has 0 aliphatic carbocycles. The molecule has 4 amide bonds. The Morgan fingerprint density at radius 1 is 0.867 bits per heavy atom. The topological polar surface area (TPSA) is 152 Å². The average molecular weight is 624 g/mol. The number of rotatable bonds is 8. The van der Waals surface area contributed by atoms with E-state index in [0.29, 0.717) is 34.0 Å². The highest BCUT2D eigenvalue weighted by Crippen LogP contribution is 2.35. The van der Waals surface area contributed by atoms with Gasteiger partial charge in [-0.15, -0.1) is 13.2 Å². The standard InChI is InChI=1S/C31H32F3N7O4/c1-17-6-9-21(16-23(17)28(43)36-5)37-27-24(26(35)42)25(40-41(27)30(2,3)4)18-7-10-19(11-8-18)38-29(44)39-20-12-14-22(15-13-20)45-31(32,33)34/h6-16,37H,1-5H3,(H2,35,42)(H,36,43)(H2,38,39,44). The average Bonchev–Trinajstić information content (AvgIpc) is 3.34. The van der Waals surface area contributed by atoms with Crippen LogP contribution in [0.5, 0.6) is 5.75 Å². The van der Waals surface area contributed by atoms with Crippen molar-refractivity contribution < 1.29 is 32.3 Å². The first-order chi connectivity index (χ1) is 21.1. The van der Waals surface area contributed by atoms with E-state index in [1.54, 1.807) is 54.2 Å². The highest BCUT2D eigenvalue weighted by atomic mass is 19.4. The maximum absolute atomic E-state index is 12.8. The van der Waals surface area contributed by atoms with Crippen LogP contribution < -0.4 is 31.7 Å². The van der Waals surface area contributed by atoms with E-state index in [1.165, 1.54) is 12.1 Å². The normalized spacial score (nSPS) is 11.5. The van der Waals surface area contributed by atoms with E-state index in [4.69, 9.17) is 10.8 Å². The molecule has 4 aromatic rings. The Kier molecular flexibility index (Phi) is 9.07. The van der Waals surface area contributed by atoms with Crippen LogP contribution in [0.4, 0.5) is 40.8 Å². The van der Waals surface area contributed by atoms with E-state index in [0.717, 1.165) is 17.7 Å². The monoisotopic (exact) mass is 623 g/mol. The number of anilines is 4. The molecule has 4 rings (SSSR count). The van der Waals surface area contributed by atoms with Crippen molar-refractivity contribution in [3.63, 3.8) is 0 Å². The summed E-state index contributed by atoms with van der Waals surface area (Å²) in [5, 5.41) is 15.7. The number of ether oxygens (including phenoxy) is 1. The number of nitrogens with zero attached hydrogens (tertiary/aromatic N) is 2. The molecule has 0 spiro atoms. The molecule has 45 heavy (non-hydrogen) atoms. The van der Waals surface area contributed by atoms with Gasteiger partial charge in [0.25, 0.3) is 11.8 Å². The van der Waals surface area contributed by atoms with Gasteiger partial charge in [-0.05, 0) is 81.8 Å². The van der Waals surface area contributed by atoms with E-state index in [2.05, 4.69) is 26.0 Å². The van der Waals surface area contributed by atoms with Gasteiger partial charge >= 0.3 is 12.4 Å². The Morgan fingerprint density at radius 2 is 1.42 bits per heavy atom. The molecule has 1 heterocycles. The molecule has 3 aromatic carbocycles. The molecule has 0 aliphatic heterocycles. The third-order valence-electron chi connectivity index (χ3n) is 6.50. The molecule has 236 valence electrons. The van der Waals surface area contributed by atoms with E-state index in [1.807, 2.05) is 27.7 Å². The Morgan fingerprint density at radius 3 is 1.93 bits per heavy atom. The number of hydrogen-bond donors (Lipinski definition) is 5. The van der Waals surface area contributed by atoms with Gasteiger partial charge in [-0.1, -0.05) is 18.2 Å². The van der Waals surface area contributed by atoms with E-state index >= 15 is 0 Å². The Bertz CT molecular complexity index is 1730. The van der Waals surface area contributed by atoms with Gasteiger partial charge in [0.15, 0.2) is 0 Å². The lowest BCUT2D eigenvalue weighted by Gasteiger charge is -2.23. The summed E-state index contributed by atoms with van der Waals surface area (Å²) < 4.78 is 42.6. The maximum atomic E-state index is 12.8. The van der Waals surface area contributed by atoms with Crippen molar-refractivity contribution in [3.8, 4) is 17.0 Å². The molecule has 0 saturated heterocycles. The minimum absolute atomic E-state index is 0.128. The minimum atomic E-state index is -4.82. The fraction of sp³-hybridized carbons (Fsp3) is 0.226. The van der Waals surface area contributed by atoms with E-state index in [-0.39, 0.29) is 17.2 Å². The summed E-state index contributed by atoms with van der Waals surface area (Å²) in [4.78, 5) is 37.7. The molecule has 0 radical (unpaired) electrons. The predicted octanol–water partition coefficient (Wildman–Crippen LogP) is 6.36. The second kappa shape index (κ2) is 12.6. The summed E-state index contributed by atoms with van der Waals surface area (Å²) in [5.74, 6) is -1.06. The van der Waals surface area contributed by atoms with Crippen molar-refractivity contribution in [3.05, 3.63) is 83.4 Å². The summed E-state index contributed by atoms with van der Waals surface area (Å²) in [6.07, 6.45) is -4.82. The third kappa shape index (κ3) is 7.90. The Hall–Kier alpha value is -5.53. The zero-order chi connectivity index (χ0) is 33.1. The molecule has 1 aromatic heterocycles. The molecule has 0 bridgehead atoms. The van der Waals surface area contributed by atoms with Crippen molar-refractivity contribution in [1.82, 2.24) is 15.1 Å². The highest BCUT2D eigenvalue weighted by Gasteiger charge is 2.31. The zero-order valence-corrected chi connectivity index (χ0v) is 25.1. The maximum Gasteiger partial charge on any atom is 0.573 e. The minimum Gasteiger partial charge on any atom is -0.406 e. The van der Waals surface area contributed by atoms with E-state index < -0.39 is 29.6 Å². The van der Waals surface area contributed by atoms with Crippen LogP contribution in [0.25, 0.3) is 11.3 Å². The van der Waals surface area contributed by atoms with Gasteiger partial charge in [-0.25, -0.2) is 9.48 Å². The Labute approximate surface area is 256 Å². The van der Waals surface area contributed by atoms with Gasteiger partial charge in [0, 0.05) is 35.2 Å². The lowest BCUT2D eigenvalue weighted by molar-refractivity contribution is -0.274. The number of urea groups is 1. The van der Waals surface area contributed by atoms with Gasteiger partial charge in [-0.2, -0.15) is 5.10 Å². The number of carbonyl (C=O) groups is 3. The Balaban J connectivity index is 1.59. The summed E-state index contributed by atoms with van der Waals surface area (Å²) in [6, 6.07) is 15.8. The van der Waals surface area contributed by atoms with Crippen molar-refractivity contribution in [2.24, 2.45) is 5.73 Å². The third-order valence-corrected chi connectivity index (χ3v) is 6.50. The predicted molar refractivity (Wildman–Crippen MR) is 165 cm³/mol. The second-order valence-corrected chi connectivity index (χ2v) is 11.0. The molecular formula is C31H32F3N7O4. The molecule has 0 saturated carbocycles. The number of benzene rings is 3. The van der Waals surface area contributed by atoms with Crippen molar-refractivity contribution >= 4 is 40.7 Å². The van der Waals surface area contributed by atoms with Crippen molar-refractivity contribution in [2.75, 3.05) is 23.0 Å². The number of nitrogens with one attached hydrogen (secondary N) is 4. The highest BCUT2D eigenvalue weighted by molar-refractivity contribution is 6.05. The lowest BCUT2D eigenvalue weighted by atomic mass is 10.0. The molecule has 0 atom stereocenters. The molecule has 0 unspecified atom stereocenters. The number of alkyl halides is 3. The van der Waals surface area contributed by atoms with Gasteiger partial charge < -0.3 is 31.7 Å². The van der Waals surface area contributed by atoms with Crippen LogP contribution in [0.2, 0.25) is 0 Å². The van der Waals surface area contributed by atoms with Crippen LogP contribution in [0, 0.1) is 6.92 Å². The number of aryl methyl sites for hydroxylation is 1. The number of primary amides is 1. The first-order valence-corrected chi connectivity index (χ1v) is 13.6. The molecule has 6 N–H and O–H groups in total. The second-order valence-electron chi connectivity index (χ2n) is 11.0. The lowest BCUT2D eigenvalue weighted by Crippen LogP contribution is -2.25. The first-order valence-electron chi connectivity index (χ1n) is 13.6. The summed E-state index contributed by atoms with van der Waals surface area (Å²) in [5.41, 5.74) is 8.67. The van der Waals surface area contributed by atoms with Gasteiger partial charge in [-0.3, -0.25) is 9.59 Å². The largest absolute Gasteiger partial charge is 0.573 e. The van der Waals surface area contributed by atoms with Crippen molar-refractivity contribution in [2.45, 2.75) is 39.6 Å². The molecule has 0 fully saturated rings. The van der Waals surface area contributed by atoms with Crippen LogP contribution in [0.1, 0.15) is 47.1 Å². The molecule has 0 aliphatic rings. The van der Waals surface area contributed by atoms with Crippen molar-refractivity contribution in [1.29, 1.82) is 0 Å². The molecule has 11 nitrogen and oxygen atoms in total. The number of nitrogens with two attached hydrogens (primary N) is 1. The van der Waals surface area contributed by atoms with Crippen LogP contribution in [0.3, 0.4) is 0 Å². The number of halogens is 3. The quantitative estimate of drug-likeness (QED) is 0.154. The number of hydrogen-bond acceptors (Lipinski definition) is 6. The van der Waals surface area contributed by atoms with Crippen LogP contribution in [-0.2, 0) is 5.54 Å². The van der Waals surface area contributed by atoms with Gasteiger partial charge in [0.2, 0.25) is 0 Å². The summed E-state index contributed by atoms with van der Waals surface area (Å²) in [6.45, 7) is 7.55. The zero-order valence-electron chi connectivity index (χ0n) is 25.1. The summed E-state index contributed by atoms with van der Waals surface area (Å²) >= 11 is 0. The van der Waals surface area contributed by atoms with Crippen LogP contribution >= 0.6 is 0 Å². The SMILES string of the molecule is CNC(=O)c1cc(Nc2c(C(N)=O)c(-c3ccc(NC(=O)Nc4ccc(OC(F)(F)F)cc4)cc3)nn2C(C)(C)C)ccc1C. The number of carbonyl (C=O) groups excluding carboxylic acids is 3. The van der Waals surface area contributed by atoms with Gasteiger partial charge in [0.05, 0.1) is 5.54 Å². The number of amides is 4. The molecular weight excluding hydrogens is 591 g/mol. The van der Waals surface area contributed by atoms with Gasteiger partial charge in [0.1, 0.15) is 22.8 Å². The molecule has 14 heteroatoms. The first kappa shape index (κ1) is 32.4. The van der Waals surface area contributed by atoms with E-state index in [9.17, 15) is 27.6 Å². The fourth-order valence-corrected chi connectivity index (χ4v) is 4.41.